The molecule has 0 aromatic carbocycles. The van der Waals surface area contributed by atoms with Crippen LogP contribution < -0.4 is 0 Å². The number of halogens is 1. The number of alkyl halides is 1. The number of likely N-dealkylation sites (tertiary alicyclic amines) is 1. The first-order chi connectivity index (χ1) is 7.44. The molecule has 0 aliphatic carbocycles. The van der Waals surface area contributed by atoms with Gasteiger partial charge in [0.15, 0.2) is 0 Å². The van der Waals surface area contributed by atoms with Gasteiger partial charge in [-0.1, -0.05) is 13.8 Å². The van der Waals surface area contributed by atoms with E-state index in [0.29, 0.717) is 11.7 Å². The SMILES string of the molecule is CCS(=O)(=O)CCCN1CCC(Cl)C(C)C1. The van der Waals surface area contributed by atoms with Gasteiger partial charge in [0, 0.05) is 17.7 Å². The molecule has 0 saturated carbocycles. The third-order valence-corrected chi connectivity index (χ3v) is 5.69. The van der Waals surface area contributed by atoms with Crippen molar-refractivity contribution in [3.63, 3.8) is 0 Å². The quantitative estimate of drug-likeness (QED) is 0.713. The van der Waals surface area contributed by atoms with Gasteiger partial charge >= 0.3 is 0 Å². The second kappa shape index (κ2) is 6.22. The lowest BCUT2D eigenvalue weighted by molar-refractivity contribution is 0.188. The Labute approximate surface area is 104 Å². The third-order valence-electron chi connectivity index (χ3n) is 3.25. The lowest BCUT2D eigenvalue weighted by Gasteiger charge is -2.33. The molecule has 0 bridgehead atoms. The molecule has 0 N–H and O–H groups in total. The standard InChI is InChI=1S/C11H22ClNO2S/c1-3-16(14,15)8-4-6-13-7-5-11(12)10(2)9-13/h10-11H,3-9H2,1-2H3. The monoisotopic (exact) mass is 267 g/mol. The van der Waals surface area contributed by atoms with Gasteiger partial charge in [-0.3, -0.25) is 0 Å². The Bertz CT molecular complexity index is 305. The predicted octanol–water partition coefficient (Wildman–Crippen LogP) is 1.76. The highest BCUT2D eigenvalue weighted by atomic mass is 35.5. The van der Waals surface area contributed by atoms with Crippen molar-refractivity contribution in [1.29, 1.82) is 0 Å². The predicted molar refractivity (Wildman–Crippen MR) is 68.8 cm³/mol. The summed E-state index contributed by atoms with van der Waals surface area (Å²) in [5.41, 5.74) is 0. The number of hydrogen-bond donors (Lipinski definition) is 0. The van der Waals surface area contributed by atoms with Crippen molar-refractivity contribution < 1.29 is 8.42 Å². The maximum absolute atomic E-state index is 11.3. The van der Waals surface area contributed by atoms with Crippen LogP contribution in [0.5, 0.6) is 0 Å². The molecule has 0 amide bonds. The number of rotatable bonds is 5. The Morgan fingerprint density at radius 1 is 1.44 bits per heavy atom. The van der Waals surface area contributed by atoms with Crippen LogP contribution in [0.4, 0.5) is 0 Å². The molecule has 3 nitrogen and oxygen atoms in total. The maximum atomic E-state index is 11.3. The molecule has 2 unspecified atom stereocenters. The summed E-state index contributed by atoms with van der Waals surface area (Å²) in [7, 11) is -2.80. The van der Waals surface area contributed by atoms with E-state index in [9.17, 15) is 8.42 Å². The molecule has 0 radical (unpaired) electrons. The number of sulfone groups is 1. The van der Waals surface area contributed by atoms with E-state index < -0.39 is 9.84 Å². The zero-order chi connectivity index (χ0) is 12.2. The molecule has 1 rings (SSSR count). The molecule has 1 aliphatic rings. The largest absolute Gasteiger partial charge is 0.303 e. The van der Waals surface area contributed by atoms with Crippen LogP contribution in [-0.2, 0) is 9.84 Å². The first-order valence-electron chi connectivity index (χ1n) is 6.01. The van der Waals surface area contributed by atoms with Crippen molar-refractivity contribution in [2.45, 2.75) is 32.1 Å². The number of nitrogens with zero attached hydrogens (tertiary/aromatic N) is 1. The van der Waals surface area contributed by atoms with Crippen molar-refractivity contribution in [2.75, 3.05) is 31.1 Å². The normalized spacial score (nSPS) is 28.2. The summed E-state index contributed by atoms with van der Waals surface area (Å²) in [4.78, 5) is 2.33. The van der Waals surface area contributed by atoms with Gasteiger partial charge in [-0.05, 0) is 31.8 Å². The fourth-order valence-corrected chi connectivity index (χ4v) is 3.09. The highest BCUT2D eigenvalue weighted by molar-refractivity contribution is 7.91. The van der Waals surface area contributed by atoms with Crippen molar-refractivity contribution in [1.82, 2.24) is 4.90 Å². The summed E-state index contributed by atoms with van der Waals surface area (Å²) in [6.45, 7) is 6.75. The van der Waals surface area contributed by atoms with Crippen LogP contribution >= 0.6 is 11.6 Å². The second-order valence-corrected chi connectivity index (χ2v) is 7.71. The summed E-state index contributed by atoms with van der Waals surface area (Å²) in [5, 5.41) is 0.288. The van der Waals surface area contributed by atoms with Crippen molar-refractivity contribution in [3.8, 4) is 0 Å². The highest BCUT2D eigenvalue weighted by Crippen LogP contribution is 2.21. The van der Waals surface area contributed by atoms with Gasteiger partial charge in [0.05, 0.1) is 5.75 Å². The summed E-state index contributed by atoms with van der Waals surface area (Å²) in [6, 6.07) is 0. The molecule has 96 valence electrons. The van der Waals surface area contributed by atoms with Crippen molar-refractivity contribution in [2.24, 2.45) is 5.92 Å². The molecule has 0 aromatic heterocycles. The molecule has 2 atom stereocenters. The lowest BCUT2D eigenvalue weighted by Crippen LogP contribution is -2.40. The first kappa shape index (κ1) is 14.3. The van der Waals surface area contributed by atoms with E-state index in [1.54, 1.807) is 6.92 Å². The average Bonchev–Trinajstić information content (AvgIpc) is 2.23. The molecular weight excluding hydrogens is 246 g/mol. The Morgan fingerprint density at radius 2 is 2.12 bits per heavy atom. The summed E-state index contributed by atoms with van der Waals surface area (Å²) in [6.07, 6.45) is 1.76. The van der Waals surface area contributed by atoms with Gasteiger partial charge in [0.1, 0.15) is 9.84 Å². The highest BCUT2D eigenvalue weighted by Gasteiger charge is 2.23. The molecular formula is C11H22ClNO2S. The number of hydrogen-bond acceptors (Lipinski definition) is 3. The van der Waals surface area contributed by atoms with E-state index in [1.807, 2.05) is 0 Å². The van der Waals surface area contributed by atoms with E-state index in [2.05, 4.69) is 11.8 Å². The molecule has 0 spiro atoms. The van der Waals surface area contributed by atoms with Crippen LogP contribution in [-0.4, -0.2) is 49.8 Å². The van der Waals surface area contributed by atoms with E-state index in [-0.39, 0.29) is 11.1 Å². The Balaban J connectivity index is 2.24. The van der Waals surface area contributed by atoms with Crippen LogP contribution in [0.15, 0.2) is 0 Å². The van der Waals surface area contributed by atoms with Crippen LogP contribution in [0, 0.1) is 5.92 Å². The Kier molecular flexibility index (Phi) is 5.54. The molecule has 0 aromatic rings. The fourth-order valence-electron chi connectivity index (χ4n) is 2.06. The van der Waals surface area contributed by atoms with Gasteiger partial charge in [-0.25, -0.2) is 8.42 Å². The maximum Gasteiger partial charge on any atom is 0.150 e. The van der Waals surface area contributed by atoms with E-state index in [1.165, 1.54) is 0 Å². The van der Waals surface area contributed by atoms with Crippen LogP contribution in [0.3, 0.4) is 0 Å². The minimum absolute atomic E-state index is 0.257. The average molecular weight is 268 g/mol. The first-order valence-corrected chi connectivity index (χ1v) is 8.27. The third kappa shape index (κ3) is 4.60. The summed E-state index contributed by atoms with van der Waals surface area (Å²) in [5.74, 6) is 1.09. The molecule has 1 heterocycles. The van der Waals surface area contributed by atoms with Crippen molar-refractivity contribution >= 4 is 21.4 Å². The Hall–Kier alpha value is 0.200. The van der Waals surface area contributed by atoms with Crippen LogP contribution in [0.25, 0.3) is 0 Å². The van der Waals surface area contributed by atoms with Gasteiger partial charge in [0.25, 0.3) is 0 Å². The minimum atomic E-state index is -2.80. The summed E-state index contributed by atoms with van der Waals surface area (Å²) < 4.78 is 22.6. The van der Waals surface area contributed by atoms with Gasteiger partial charge < -0.3 is 4.90 Å². The fraction of sp³-hybridized carbons (Fsp3) is 1.00. The molecule has 16 heavy (non-hydrogen) atoms. The lowest BCUT2D eigenvalue weighted by atomic mass is 9.99. The van der Waals surface area contributed by atoms with Gasteiger partial charge in [-0.2, -0.15) is 0 Å². The van der Waals surface area contributed by atoms with E-state index >= 15 is 0 Å². The van der Waals surface area contributed by atoms with Crippen LogP contribution in [0.2, 0.25) is 0 Å². The topological polar surface area (TPSA) is 37.4 Å². The smallest absolute Gasteiger partial charge is 0.150 e. The van der Waals surface area contributed by atoms with Crippen LogP contribution in [0.1, 0.15) is 26.7 Å². The van der Waals surface area contributed by atoms with Crippen molar-refractivity contribution in [3.05, 3.63) is 0 Å². The molecule has 1 saturated heterocycles. The zero-order valence-electron chi connectivity index (χ0n) is 10.2. The molecule has 5 heteroatoms. The minimum Gasteiger partial charge on any atom is -0.303 e. The Morgan fingerprint density at radius 3 is 2.69 bits per heavy atom. The molecule has 1 fully saturated rings. The van der Waals surface area contributed by atoms with Gasteiger partial charge in [0.2, 0.25) is 0 Å². The van der Waals surface area contributed by atoms with E-state index in [0.717, 1.165) is 32.5 Å². The van der Waals surface area contributed by atoms with E-state index in [4.69, 9.17) is 11.6 Å². The molecule has 1 aliphatic heterocycles. The zero-order valence-corrected chi connectivity index (χ0v) is 11.7. The number of piperidine rings is 1. The van der Waals surface area contributed by atoms with Gasteiger partial charge in [-0.15, -0.1) is 11.6 Å². The second-order valence-electron chi connectivity index (χ2n) is 4.67. The summed E-state index contributed by atoms with van der Waals surface area (Å²) >= 11 is 6.14.